The van der Waals surface area contributed by atoms with Gasteiger partial charge in [-0.25, -0.2) is 4.98 Å². The first-order chi connectivity index (χ1) is 25.3. The quantitative estimate of drug-likeness (QED) is 0.188. The van der Waals surface area contributed by atoms with Crippen molar-refractivity contribution in [3.63, 3.8) is 0 Å². The lowest BCUT2D eigenvalue weighted by atomic mass is 9.98. The molecule has 0 unspecified atom stereocenters. The van der Waals surface area contributed by atoms with Gasteiger partial charge in [-0.15, -0.1) is 0 Å². The highest BCUT2D eigenvalue weighted by Gasteiger charge is 2.19. The van der Waals surface area contributed by atoms with Crippen molar-refractivity contribution < 1.29 is 8.83 Å². The molecule has 0 spiro atoms. The average molecular weight is 656 g/mol. The maximum absolute atomic E-state index is 6.23. The van der Waals surface area contributed by atoms with Gasteiger partial charge in [-0.05, 0) is 53.6 Å². The molecule has 11 aromatic rings. The molecule has 0 radical (unpaired) electrons. The fraction of sp³-hybridized carbons (Fsp3) is 0. The van der Waals surface area contributed by atoms with Crippen LogP contribution >= 0.6 is 0 Å². The van der Waals surface area contributed by atoms with Gasteiger partial charge in [0.05, 0.1) is 11.0 Å². The van der Waals surface area contributed by atoms with Gasteiger partial charge < -0.3 is 8.83 Å². The van der Waals surface area contributed by atoms with Crippen molar-refractivity contribution in [2.45, 2.75) is 0 Å². The number of rotatable bonds is 4. The summed E-state index contributed by atoms with van der Waals surface area (Å²) in [5.41, 5.74) is 9.24. The number of aromatic nitrogens is 5. The first-order valence-electron chi connectivity index (χ1n) is 16.8. The summed E-state index contributed by atoms with van der Waals surface area (Å²) in [6, 6.07) is 47.5. The molecule has 0 bridgehead atoms. The fourth-order valence-corrected chi connectivity index (χ4v) is 7.43. The predicted molar refractivity (Wildman–Crippen MR) is 203 cm³/mol. The molecule has 5 aromatic heterocycles. The van der Waals surface area contributed by atoms with Crippen molar-refractivity contribution in [1.29, 1.82) is 0 Å². The third-order valence-corrected chi connectivity index (χ3v) is 9.79. The molecule has 6 aromatic carbocycles. The van der Waals surface area contributed by atoms with Crippen molar-refractivity contribution in [3.8, 4) is 39.9 Å². The van der Waals surface area contributed by atoms with Crippen molar-refractivity contribution in [1.82, 2.24) is 24.5 Å². The van der Waals surface area contributed by atoms with Crippen LogP contribution in [0, 0.1) is 0 Å². The molecule has 7 nitrogen and oxygen atoms in total. The molecule has 51 heavy (non-hydrogen) atoms. The fourth-order valence-electron chi connectivity index (χ4n) is 7.43. The third kappa shape index (κ3) is 4.25. The van der Waals surface area contributed by atoms with E-state index in [-0.39, 0.29) is 0 Å². The van der Waals surface area contributed by atoms with Crippen LogP contribution in [0.2, 0.25) is 0 Å². The Morgan fingerprint density at radius 2 is 1.06 bits per heavy atom. The summed E-state index contributed by atoms with van der Waals surface area (Å²) in [7, 11) is 0. The van der Waals surface area contributed by atoms with E-state index in [0.717, 1.165) is 87.9 Å². The van der Waals surface area contributed by atoms with Crippen LogP contribution in [-0.4, -0.2) is 24.5 Å². The molecule has 11 rings (SSSR count). The molecule has 0 aliphatic heterocycles. The second-order valence-corrected chi connectivity index (χ2v) is 12.7. The van der Waals surface area contributed by atoms with Gasteiger partial charge >= 0.3 is 0 Å². The lowest BCUT2D eigenvalue weighted by Crippen LogP contribution is -2.06. The van der Waals surface area contributed by atoms with E-state index < -0.39 is 0 Å². The maximum atomic E-state index is 6.23. The number of hydrogen-bond donors (Lipinski definition) is 0. The number of hydrogen-bond acceptors (Lipinski definition) is 6. The average Bonchev–Trinajstić information content (AvgIpc) is 3.87. The van der Waals surface area contributed by atoms with Gasteiger partial charge in [-0.1, -0.05) is 97.1 Å². The number of furan rings is 2. The SMILES string of the molecule is c1ccc2c(c1)oc1cccc(-c3ccc(-c4nc(-c5ccc6c(c5)oc5ccncc56)nc(-n5c6ccccc6c6ccccc65)n4)cc3)c12. The minimum absolute atomic E-state index is 0.542. The highest BCUT2D eigenvalue weighted by molar-refractivity contribution is 6.12. The van der Waals surface area contributed by atoms with Gasteiger partial charge in [0, 0.05) is 55.8 Å². The number of benzene rings is 6. The van der Waals surface area contributed by atoms with E-state index in [4.69, 9.17) is 23.8 Å². The second-order valence-electron chi connectivity index (χ2n) is 12.7. The Morgan fingerprint density at radius 3 is 1.86 bits per heavy atom. The summed E-state index contributed by atoms with van der Waals surface area (Å²) in [6.45, 7) is 0. The third-order valence-electron chi connectivity index (χ3n) is 9.79. The number of pyridine rings is 1. The molecule has 0 saturated carbocycles. The molecule has 7 heteroatoms. The normalized spacial score (nSPS) is 11.9. The molecule has 0 aliphatic carbocycles. The minimum Gasteiger partial charge on any atom is -0.456 e. The van der Waals surface area contributed by atoms with Crippen LogP contribution in [0.4, 0.5) is 0 Å². The van der Waals surface area contributed by atoms with Crippen LogP contribution in [0.1, 0.15) is 0 Å². The molecular formula is C44H25N5O2. The van der Waals surface area contributed by atoms with E-state index in [1.165, 1.54) is 0 Å². The van der Waals surface area contributed by atoms with Gasteiger partial charge in [0.2, 0.25) is 5.95 Å². The van der Waals surface area contributed by atoms with Crippen LogP contribution in [0.25, 0.3) is 106 Å². The van der Waals surface area contributed by atoms with Crippen LogP contribution in [0.5, 0.6) is 0 Å². The summed E-state index contributed by atoms with van der Waals surface area (Å²) in [6.07, 6.45) is 3.58. The Morgan fingerprint density at radius 1 is 0.431 bits per heavy atom. The van der Waals surface area contributed by atoms with E-state index in [2.05, 4.69) is 88.4 Å². The molecule has 0 aliphatic rings. The van der Waals surface area contributed by atoms with Gasteiger partial charge in [0.1, 0.15) is 22.3 Å². The summed E-state index contributed by atoms with van der Waals surface area (Å²) in [5.74, 6) is 1.67. The van der Waals surface area contributed by atoms with Gasteiger partial charge in [-0.2, -0.15) is 9.97 Å². The zero-order valence-corrected chi connectivity index (χ0v) is 27.0. The summed E-state index contributed by atoms with van der Waals surface area (Å²) < 4.78 is 14.5. The van der Waals surface area contributed by atoms with Crippen LogP contribution in [0.3, 0.4) is 0 Å². The van der Waals surface area contributed by atoms with E-state index in [1.807, 2.05) is 66.9 Å². The Kier molecular flexibility index (Phi) is 5.83. The lowest BCUT2D eigenvalue weighted by molar-refractivity contribution is 0.668. The number of fused-ring (bicyclic) bond motifs is 9. The van der Waals surface area contributed by atoms with Crippen molar-refractivity contribution >= 4 is 65.7 Å². The van der Waals surface area contributed by atoms with Crippen LogP contribution in [-0.2, 0) is 0 Å². The lowest BCUT2D eigenvalue weighted by Gasteiger charge is -2.11. The molecule has 0 N–H and O–H groups in total. The van der Waals surface area contributed by atoms with E-state index in [9.17, 15) is 0 Å². The highest BCUT2D eigenvalue weighted by Crippen LogP contribution is 2.38. The van der Waals surface area contributed by atoms with Gasteiger partial charge in [-0.3, -0.25) is 9.55 Å². The Balaban J connectivity index is 1.11. The zero-order chi connectivity index (χ0) is 33.5. The van der Waals surface area contributed by atoms with Gasteiger partial charge in [0.15, 0.2) is 11.6 Å². The van der Waals surface area contributed by atoms with Crippen LogP contribution in [0.15, 0.2) is 161 Å². The number of para-hydroxylation sites is 3. The minimum atomic E-state index is 0.542. The van der Waals surface area contributed by atoms with E-state index in [0.29, 0.717) is 17.6 Å². The number of nitrogens with zero attached hydrogens (tertiary/aromatic N) is 5. The highest BCUT2D eigenvalue weighted by atomic mass is 16.3. The Labute approximate surface area is 290 Å². The second kappa shape index (κ2) is 10.7. The van der Waals surface area contributed by atoms with E-state index in [1.54, 1.807) is 6.20 Å². The molecule has 0 fully saturated rings. The summed E-state index contributed by atoms with van der Waals surface area (Å²) in [4.78, 5) is 19.7. The monoisotopic (exact) mass is 655 g/mol. The topological polar surface area (TPSA) is 82.8 Å². The summed E-state index contributed by atoms with van der Waals surface area (Å²) >= 11 is 0. The Bertz CT molecular complexity index is 3100. The van der Waals surface area contributed by atoms with Crippen LogP contribution < -0.4 is 0 Å². The van der Waals surface area contributed by atoms with E-state index >= 15 is 0 Å². The standard InChI is InChI=1S/C44H25N5O2/c1-4-12-35-30(8-1)31-9-2-5-13-36(31)49(35)44-47-42(46-43(48-44)28-20-21-32-34-25-45-23-22-38(34)51-40(32)24-28)27-18-16-26(17-19-27)29-11-7-15-39-41(29)33-10-3-6-14-37(33)50-39/h1-25H. The molecule has 238 valence electrons. The molecule has 0 amide bonds. The summed E-state index contributed by atoms with van der Waals surface area (Å²) in [5, 5.41) is 6.45. The largest absolute Gasteiger partial charge is 0.456 e. The molecule has 0 atom stereocenters. The first-order valence-corrected chi connectivity index (χ1v) is 16.8. The molecular weight excluding hydrogens is 631 g/mol. The molecule has 5 heterocycles. The van der Waals surface area contributed by atoms with Crippen molar-refractivity contribution in [2.75, 3.05) is 0 Å². The smallest absolute Gasteiger partial charge is 0.238 e. The zero-order valence-electron chi connectivity index (χ0n) is 27.0. The predicted octanol–water partition coefficient (Wildman–Crippen LogP) is 11.2. The maximum Gasteiger partial charge on any atom is 0.238 e. The van der Waals surface area contributed by atoms with Crippen molar-refractivity contribution in [2.24, 2.45) is 0 Å². The van der Waals surface area contributed by atoms with Gasteiger partial charge in [0.25, 0.3) is 0 Å². The first kappa shape index (κ1) is 27.8. The molecule has 0 saturated heterocycles. The van der Waals surface area contributed by atoms with Crippen molar-refractivity contribution in [3.05, 3.63) is 152 Å². The Hall–Kier alpha value is -7.12.